The molecule has 0 radical (unpaired) electrons. The molecule has 34 heavy (non-hydrogen) atoms. The van der Waals surface area contributed by atoms with Crippen LogP contribution in [0.3, 0.4) is 0 Å². The van der Waals surface area contributed by atoms with Crippen LogP contribution in [-0.2, 0) is 0 Å². The molecule has 1 saturated heterocycles. The van der Waals surface area contributed by atoms with E-state index in [4.69, 9.17) is 9.72 Å². The first-order valence-electron chi connectivity index (χ1n) is 11.4. The van der Waals surface area contributed by atoms with Gasteiger partial charge < -0.3 is 14.5 Å². The molecule has 0 saturated carbocycles. The maximum absolute atomic E-state index is 11.5. The lowest BCUT2D eigenvalue weighted by Gasteiger charge is -2.36. The summed E-state index contributed by atoms with van der Waals surface area (Å²) in [5, 5.41) is 0. The molecule has 0 unspecified atom stereocenters. The average Bonchev–Trinajstić information content (AvgIpc) is 2.90. The first kappa shape index (κ1) is 21.6. The molecule has 6 nitrogen and oxygen atoms in total. The molecule has 0 aliphatic carbocycles. The van der Waals surface area contributed by atoms with Crippen molar-refractivity contribution in [3.8, 4) is 22.8 Å². The molecule has 6 heteroatoms. The van der Waals surface area contributed by atoms with Crippen molar-refractivity contribution in [3.05, 3.63) is 96.8 Å². The van der Waals surface area contributed by atoms with Crippen molar-refractivity contribution >= 4 is 17.3 Å². The minimum absolute atomic E-state index is 0.0885. The van der Waals surface area contributed by atoms with Gasteiger partial charge in [-0.1, -0.05) is 30.3 Å². The molecule has 4 aromatic rings. The van der Waals surface area contributed by atoms with E-state index in [0.29, 0.717) is 0 Å². The maximum Gasteiger partial charge on any atom is 0.159 e. The summed E-state index contributed by atoms with van der Waals surface area (Å²) >= 11 is 0. The largest absolute Gasteiger partial charge is 0.457 e. The number of benzene rings is 3. The minimum atomic E-state index is 0.0885. The average molecular weight is 451 g/mol. The molecule has 170 valence electrons. The third-order valence-corrected chi connectivity index (χ3v) is 6.00. The Morgan fingerprint density at radius 1 is 0.794 bits per heavy atom. The highest BCUT2D eigenvalue weighted by molar-refractivity contribution is 5.94. The molecule has 0 atom stereocenters. The summed E-state index contributed by atoms with van der Waals surface area (Å²) in [6.07, 6.45) is 3.60. The van der Waals surface area contributed by atoms with Crippen LogP contribution in [0.1, 0.15) is 17.3 Å². The molecule has 1 aliphatic heterocycles. The lowest BCUT2D eigenvalue weighted by atomic mass is 10.1. The smallest absolute Gasteiger partial charge is 0.159 e. The molecule has 1 aromatic heterocycles. The van der Waals surface area contributed by atoms with Gasteiger partial charge >= 0.3 is 0 Å². The van der Waals surface area contributed by atoms with Crippen molar-refractivity contribution in [3.63, 3.8) is 0 Å². The maximum atomic E-state index is 11.5. The number of hydrogen-bond acceptors (Lipinski definition) is 6. The van der Waals surface area contributed by atoms with Crippen molar-refractivity contribution in [2.24, 2.45) is 0 Å². The third-order valence-electron chi connectivity index (χ3n) is 6.00. The standard InChI is InChI=1S/C28H26N4O2/c1-21(33)22-11-13-23(14-12-22)31-15-17-32(18-16-31)28-20-29-19-26(30-28)25-9-5-6-10-27(25)34-24-7-3-2-4-8-24/h2-14,19-20H,15-18H2,1H3. The second-order valence-corrected chi connectivity index (χ2v) is 8.25. The van der Waals surface area contributed by atoms with E-state index >= 15 is 0 Å². The number of aromatic nitrogens is 2. The molecule has 0 spiro atoms. The Kier molecular flexibility index (Phi) is 6.21. The predicted molar refractivity (Wildman–Crippen MR) is 135 cm³/mol. The topological polar surface area (TPSA) is 58.6 Å². The van der Waals surface area contributed by atoms with E-state index in [2.05, 4.69) is 14.8 Å². The van der Waals surface area contributed by atoms with E-state index in [0.717, 1.165) is 66.0 Å². The normalized spacial score (nSPS) is 13.6. The van der Waals surface area contributed by atoms with Crippen molar-refractivity contribution in [2.75, 3.05) is 36.0 Å². The zero-order valence-corrected chi connectivity index (χ0v) is 19.1. The van der Waals surface area contributed by atoms with E-state index in [1.54, 1.807) is 13.1 Å². The second-order valence-electron chi connectivity index (χ2n) is 8.25. The molecule has 5 rings (SSSR count). The summed E-state index contributed by atoms with van der Waals surface area (Å²) < 4.78 is 6.13. The fourth-order valence-electron chi connectivity index (χ4n) is 4.12. The van der Waals surface area contributed by atoms with E-state index in [9.17, 15) is 4.79 Å². The molecule has 1 fully saturated rings. The number of ether oxygens (including phenoxy) is 1. The van der Waals surface area contributed by atoms with Gasteiger partial charge in [0, 0.05) is 43.0 Å². The highest BCUT2D eigenvalue weighted by atomic mass is 16.5. The Morgan fingerprint density at radius 2 is 1.47 bits per heavy atom. The monoisotopic (exact) mass is 450 g/mol. The number of anilines is 2. The molecule has 0 bridgehead atoms. The molecular weight excluding hydrogens is 424 g/mol. The van der Waals surface area contributed by atoms with Crippen molar-refractivity contribution in [1.82, 2.24) is 9.97 Å². The number of Topliss-reactive ketones (excluding diaryl/α,β-unsaturated/α-hetero) is 1. The van der Waals surface area contributed by atoms with Gasteiger partial charge in [-0.3, -0.25) is 9.78 Å². The quantitative estimate of drug-likeness (QED) is 0.363. The fraction of sp³-hybridized carbons (Fsp3) is 0.179. The summed E-state index contributed by atoms with van der Waals surface area (Å²) in [5.41, 5.74) is 3.57. The Morgan fingerprint density at radius 3 is 2.21 bits per heavy atom. The number of carbonyl (C=O) groups excluding carboxylic acids is 1. The van der Waals surface area contributed by atoms with E-state index in [-0.39, 0.29) is 5.78 Å². The Bertz CT molecular complexity index is 1270. The number of nitrogens with zero attached hydrogens (tertiary/aromatic N) is 4. The van der Waals surface area contributed by atoms with Crippen molar-refractivity contribution in [2.45, 2.75) is 6.92 Å². The zero-order chi connectivity index (χ0) is 23.3. The number of piperazine rings is 1. The molecule has 3 aromatic carbocycles. The number of para-hydroxylation sites is 2. The van der Waals surface area contributed by atoms with Gasteiger partial charge in [0.2, 0.25) is 0 Å². The SMILES string of the molecule is CC(=O)c1ccc(N2CCN(c3cncc(-c4ccccc4Oc4ccccc4)n3)CC2)cc1. The number of rotatable bonds is 6. The van der Waals surface area contributed by atoms with Crippen LogP contribution in [0.25, 0.3) is 11.3 Å². The molecule has 0 amide bonds. The van der Waals surface area contributed by atoms with E-state index in [1.165, 1.54) is 0 Å². The van der Waals surface area contributed by atoms with Crippen LogP contribution < -0.4 is 14.5 Å². The molecular formula is C28H26N4O2. The minimum Gasteiger partial charge on any atom is -0.457 e. The van der Waals surface area contributed by atoms with Gasteiger partial charge in [0.15, 0.2) is 5.78 Å². The van der Waals surface area contributed by atoms with Crippen LogP contribution in [-0.4, -0.2) is 41.9 Å². The van der Waals surface area contributed by atoms with Crippen LogP contribution >= 0.6 is 0 Å². The van der Waals surface area contributed by atoms with E-state index < -0.39 is 0 Å². The van der Waals surface area contributed by atoms with Gasteiger partial charge in [-0.25, -0.2) is 4.98 Å². The van der Waals surface area contributed by atoms with Gasteiger partial charge in [-0.05, 0) is 55.5 Å². The Labute approximate surface area is 199 Å². The fourth-order valence-corrected chi connectivity index (χ4v) is 4.12. The van der Waals surface area contributed by atoms with Crippen LogP contribution in [0.2, 0.25) is 0 Å². The summed E-state index contributed by atoms with van der Waals surface area (Å²) in [7, 11) is 0. The molecule has 2 heterocycles. The highest BCUT2D eigenvalue weighted by Crippen LogP contribution is 2.32. The van der Waals surface area contributed by atoms with Crippen LogP contribution in [0, 0.1) is 0 Å². The van der Waals surface area contributed by atoms with Crippen LogP contribution in [0.15, 0.2) is 91.3 Å². The summed E-state index contributed by atoms with van der Waals surface area (Å²) in [4.78, 5) is 25.5. The zero-order valence-electron chi connectivity index (χ0n) is 19.1. The Hall–Kier alpha value is -4.19. The lowest BCUT2D eigenvalue weighted by molar-refractivity contribution is 0.101. The van der Waals surface area contributed by atoms with Gasteiger partial charge in [0.05, 0.1) is 18.1 Å². The number of ketones is 1. The van der Waals surface area contributed by atoms with E-state index in [1.807, 2.05) is 85.1 Å². The first-order valence-corrected chi connectivity index (χ1v) is 11.4. The van der Waals surface area contributed by atoms with Gasteiger partial charge in [-0.2, -0.15) is 0 Å². The van der Waals surface area contributed by atoms with Gasteiger partial charge in [0.1, 0.15) is 17.3 Å². The van der Waals surface area contributed by atoms with Crippen molar-refractivity contribution < 1.29 is 9.53 Å². The molecule has 1 aliphatic rings. The molecule has 0 N–H and O–H groups in total. The lowest BCUT2D eigenvalue weighted by Crippen LogP contribution is -2.46. The number of hydrogen-bond donors (Lipinski definition) is 0. The van der Waals surface area contributed by atoms with Crippen molar-refractivity contribution in [1.29, 1.82) is 0 Å². The summed E-state index contributed by atoms with van der Waals surface area (Å²) in [6.45, 7) is 5.02. The van der Waals surface area contributed by atoms with Crippen LogP contribution in [0.4, 0.5) is 11.5 Å². The summed E-state index contributed by atoms with van der Waals surface area (Å²) in [5.74, 6) is 2.48. The van der Waals surface area contributed by atoms with Gasteiger partial charge in [0.25, 0.3) is 0 Å². The predicted octanol–water partition coefficient (Wildman–Crippen LogP) is 5.47. The summed E-state index contributed by atoms with van der Waals surface area (Å²) in [6, 6.07) is 25.5. The first-order chi connectivity index (χ1) is 16.7. The van der Waals surface area contributed by atoms with Crippen LogP contribution in [0.5, 0.6) is 11.5 Å². The highest BCUT2D eigenvalue weighted by Gasteiger charge is 2.20. The van der Waals surface area contributed by atoms with Gasteiger partial charge in [-0.15, -0.1) is 0 Å². The number of carbonyl (C=O) groups is 1. The second kappa shape index (κ2) is 9.75. The third kappa shape index (κ3) is 4.76. The Balaban J connectivity index is 1.31.